The SMILES string of the molecule is CC(CCCC(=O)CO)CC(=O)N[C@@H](C(=O)O)C(C)C.CC(CCCC(=O)CO)CC(=O)O.CCC/C=C/C(O)CC(=O)N[C@H](C(=O)OC)C(C)C.COC(=O)[C@H](NC(=O)CC(C)CCCC(=O)CO)C(C)C.CSCC[C@@H](NC(=O)CC(C)CCCC(=O)CO)C(=O)O.CSCC[C@@H](NC(=O)CC(C)CCCC(=O)CO)C(=O)OC(C)(C)C. The molecule has 0 radical (unpaired) electrons. The molecule has 0 saturated heterocycles. The van der Waals surface area contributed by atoms with Crippen LogP contribution in [-0.2, 0) is 90.9 Å². The van der Waals surface area contributed by atoms with Gasteiger partial charge in [0.25, 0.3) is 0 Å². The number of aliphatic hydroxyl groups excluding tert-OH is 6. The number of carbonyl (C=O) groups is 16. The zero-order valence-corrected chi connectivity index (χ0v) is 76.1. The molecule has 0 heterocycles. The number of amides is 5. The highest BCUT2D eigenvalue weighted by atomic mass is 32.2. The monoisotopic (exact) mass is 1740 g/mol. The molecule has 33 nitrogen and oxygen atoms in total. The Bertz CT molecular complexity index is 2950. The summed E-state index contributed by atoms with van der Waals surface area (Å²) >= 11 is 3.15. The molecule has 6 unspecified atom stereocenters. The van der Waals surface area contributed by atoms with E-state index in [-0.39, 0.29) is 131 Å². The molecule has 692 valence electrons. The van der Waals surface area contributed by atoms with Crippen molar-refractivity contribution in [1.29, 1.82) is 0 Å². The standard InChI is InChI=1S/C18H33NO5S.C15H27NO5.C14H25NO5S.C14H25NO5.C14H25NO4.C9H16O4/c1-13(7-6-8-14(21)12-20)11-16(22)19-15(9-10-25-5)17(23)24-18(2,3)4;1-10(2)14(15(20)21-4)16-13(19)8-11(3)6-5-7-12(18)9-17;1-10(4-3-5-11(17)9-16)8-13(18)15-12(14(19)20)6-7-21-2;1-9(2)13(14(19)20)15-12(18)7-10(3)5-4-6-11(17)8-16;1-5-6-7-8-11(16)9-12(17)15-13(10(2)3)14(18)19-4;1-7(5-9(12)13)3-2-4-8(11)6-10/h13,15,20H,6-12H2,1-5H3,(H,19,22);10-11,14,17H,5-9H2,1-4H3,(H,16,19);10,12,16H,3-9H2,1-2H3,(H,15,18)(H,19,20);9-10,13,16H,4-8H2,1-3H3,(H,15,18)(H,19,20);7-8,10-11,13,16H,5-6,9H2,1-4H3,(H,15,17);7,10H,2-6H2,1H3,(H,12,13)/b;;;;8-7+;/t13?,15-;11?,14-;10?,12-;10?,13-;11?,13-;/m11110./s1. The number of Topliss-reactive ketones (excluding diaryl/α,β-unsaturated/α-hetero) is 5. The van der Waals surface area contributed by atoms with Gasteiger partial charge in [-0.2, -0.15) is 23.5 Å². The molecule has 0 aromatic heterocycles. The molecule has 0 aliphatic carbocycles. The number of allylic oxidation sites excluding steroid dienone is 1. The Morgan fingerprint density at radius 1 is 0.378 bits per heavy atom. The Balaban J connectivity index is -0.000000324. The van der Waals surface area contributed by atoms with E-state index >= 15 is 0 Å². The van der Waals surface area contributed by atoms with Crippen LogP contribution < -0.4 is 26.6 Å². The van der Waals surface area contributed by atoms with Crippen molar-refractivity contribution in [2.75, 3.05) is 71.3 Å². The summed E-state index contributed by atoms with van der Waals surface area (Å²) in [6.07, 6.45) is 18.8. The van der Waals surface area contributed by atoms with Crippen LogP contribution in [0.2, 0.25) is 0 Å². The molecule has 0 aliphatic rings. The number of carboxylic acid groups (broad SMARTS) is 3. The molecule has 119 heavy (non-hydrogen) atoms. The number of nitrogens with one attached hydrogen (secondary N) is 5. The van der Waals surface area contributed by atoms with Gasteiger partial charge in [-0.05, 0) is 176 Å². The Kier molecular flexibility index (Phi) is 77.9. The molecule has 0 aromatic rings. The smallest absolute Gasteiger partial charge is 0.329 e. The molecule has 0 bridgehead atoms. The van der Waals surface area contributed by atoms with Crippen molar-refractivity contribution < 1.29 is 137 Å². The predicted molar refractivity (Wildman–Crippen MR) is 456 cm³/mol. The first-order valence-electron chi connectivity index (χ1n) is 41.0. The van der Waals surface area contributed by atoms with Gasteiger partial charge < -0.3 is 86.8 Å². The molecule has 0 fully saturated rings. The number of aliphatic hydroxyl groups is 6. The number of esters is 3. The van der Waals surface area contributed by atoms with E-state index < -0.39 is 111 Å². The van der Waals surface area contributed by atoms with Crippen LogP contribution >= 0.6 is 23.5 Å². The molecule has 5 amide bonds. The molecule has 0 rings (SSSR count). The van der Waals surface area contributed by atoms with Crippen LogP contribution in [0, 0.1) is 47.3 Å². The topological polar surface area (TPSA) is 543 Å². The van der Waals surface area contributed by atoms with Crippen LogP contribution in [0.5, 0.6) is 0 Å². The summed E-state index contributed by atoms with van der Waals surface area (Å²) in [6, 6.07) is -3.66. The van der Waals surface area contributed by atoms with E-state index in [2.05, 4.69) is 36.1 Å². The van der Waals surface area contributed by atoms with E-state index in [4.69, 9.17) is 45.6 Å². The lowest BCUT2D eigenvalue weighted by Gasteiger charge is -2.25. The number of hydrogen-bond donors (Lipinski definition) is 14. The average Bonchev–Trinajstić information content (AvgIpc) is 0.898. The van der Waals surface area contributed by atoms with Crippen molar-refractivity contribution in [2.24, 2.45) is 47.3 Å². The number of carbonyl (C=O) groups excluding carboxylic acids is 13. The number of unbranched alkanes of at least 4 members (excludes halogenated alkanes) is 1. The Morgan fingerprint density at radius 2 is 0.655 bits per heavy atom. The first kappa shape index (κ1) is 123. The first-order valence-corrected chi connectivity index (χ1v) is 43.8. The van der Waals surface area contributed by atoms with Gasteiger partial charge in [0.2, 0.25) is 29.5 Å². The number of ether oxygens (including phenoxy) is 3. The number of ketones is 5. The highest BCUT2D eigenvalue weighted by Crippen LogP contribution is 2.19. The van der Waals surface area contributed by atoms with E-state index in [0.29, 0.717) is 108 Å². The van der Waals surface area contributed by atoms with E-state index in [1.165, 1.54) is 26.0 Å². The Hall–Kier alpha value is -7.28. The summed E-state index contributed by atoms with van der Waals surface area (Å²) in [7, 11) is 2.58. The van der Waals surface area contributed by atoms with Gasteiger partial charge in [0.15, 0.2) is 28.9 Å². The van der Waals surface area contributed by atoms with Crippen molar-refractivity contribution >= 4 is 118 Å². The van der Waals surface area contributed by atoms with Crippen molar-refractivity contribution in [3.05, 3.63) is 12.2 Å². The summed E-state index contributed by atoms with van der Waals surface area (Å²) in [5, 5.41) is 92.0. The number of hydrogen-bond acceptors (Lipinski definition) is 27. The van der Waals surface area contributed by atoms with E-state index in [9.17, 15) is 81.8 Å². The normalized spacial score (nSPS) is 13.7. The first-order chi connectivity index (χ1) is 55.5. The lowest BCUT2D eigenvalue weighted by atomic mass is 9.98. The molecule has 0 spiro atoms. The third kappa shape index (κ3) is 76.6. The third-order valence-electron chi connectivity index (χ3n) is 17.5. The molecular formula is C84H151N5O28S2. The molecule has 0 aliphatic heterocycles. The quantitative estimate of drug-likeness (QED) is 0.0158. The van der Waals surface area contributed by atoms with Gasteiger partial charge in [-0.3, -0.25) is 52.7 Å². The second-order valence-electron chi connectivity index (χ2n) is 31.8. The van der Waals surface area contributed by atoms with Crippen LogP contribution in [-0.4, -0.2) is 253 Å². The average molecular weight is 1740 g/mol. The van der Waals surface area contributed by atoms with Crippen LogP contribution in [0.3, 0.4) is 0 Å². The zero-order chi connectivity index (χ0) is 92.9. The fourth-order valence-electron chi connectivity index (χ4n) is 10.7. The van der Waals surface area contributed by atoms with Crippen LogP contribution in [0.4, 0.5) is 0 Å². The summed E-state index contributed by atoms with van der Waals surface area (Å²) in [5.41, 5.74) is -0.591. The minimum Gasteiger partial charge on any atom is -0.481 e. The Labute approximate surface area is 714 Å². The van der Waals surface area contributed by atoms with E-state index in [1.807, 2.05) is 87.8 Å². The second kappa shape index (κ2) is 75.7. The van der Waals surface area contributed by atoms with Gasteiger partial charge in [0.05, 0.1) is 26.7 Å². The summed E-state index contributed by atoms with van der Waals surface area (Å²) in [5.74, 6) is -4.81. The maximum Gasteiger partial charge on any atom is 0.329 e. The molecular weight excluding hydrogens is 1590 g/mol. The van der Waals surface area contributed by atoms with Gasteiger partial charge in [-0.25, -0.2) is 24.0 Å². The maximum atomic E-state index is 12.3. The number of carboxylic acids is 3. The minimum atomic E-state index is -1.03. The zero-order valence-electron chi connectivity index (χ0n) is 74.5. The fraction of sp³-hybridized carbons (Fsp3) is 0.786. The highest BCUT2D eigenvalue weighted by molar-refractivity contribution is 7.98. The summed E-state index contributed by atoms with van der Waals surface area (Å²) < 4.78 is 14.7. The fourth-order valence-corrected chi connectivity index (χ4v) is 11.6. The lowest BCUT2D eigenvalue weighted by molar-refractivity contribution is -0.159. The second-order valence-corrected chi connectivity index (χ2v) is 33.8. The van der Waals surface area contributed by atoms with Crippen molar-refractivity contribution in [3.63, 3.8) is 0 Å². The van der Waals surface area contributed by atoms with Crippen molar-refractivity contribution in [2.45, 2.75) is 306 Å². The number of thioether (sulfide) groups is 2. The van der Waals surface area contributed by atoms with Crippen molar-refractivity contribution in [3.8, 4) is 0 Å². The molecule has 0 aromatic carbocycles. The van der Waals surface area contributed by atoms with Gasteiger partial charge in [-0.1, -0.05) is 102 Å². The third-order valence-corrected chi connectivity index (χ3v) is 18.8. The van der Waals surface area contributed by atoms with E-state index in [0.717, 1.165) is 37.9 Å². The van der Waals surface area contributed by atoms with Gasteiger partial charge in [0, 0.05) is 64.2 Å². The van der Waals surface area contributed by atoms with Gasteiger partial charge in [-0.15, -0.1) is 0 Å². The highest BCUT2D eigenvalue weighted by Gasteiger charge is 2.30. The summed E-state index contributed by atoms with van der Waals surface area (Å²) in [4.78, 5) is 181. The van der Waals surface area contributed by atoms with Crippen LogP contribution in [0.25, 0.3) is 0 Å². The summed E-state index contributed by atoms with van der Waals surface area (Å²) in [6.45, 7) is 25.6. The Morgan fingerprint density at radius 3 is 0.908 bits per heavy atom. The van der Waals surface area contributed by atoms with Gasteiger partial charge in [0.1, 0.15) is 68.8 Å². The molecule has 0 saturated carbocycles. The number of aliphatic carboxylic acids is 3. The van der Waals surface area contributed by atoms with Crippen LogP contribution in [0.15, 0.2) is 12.2 Å². The molecule has 35 heteroatoms. The molecule has 11 atom stereocenters. The predicted octanol–water partition coefficient (Wildman–Crippen LogP) is 7.65. The van der Waals surface area contributed by atoms with E-state index in [1.54, 1.807) is 52.5 Å². The lowest BCUT2D eigenvalue weighted by Crippen LogP contribution is -2.45. The maximum absolute atomic E-state index is 12.3. The molecule has 14 N–H and O–H groups in total. The van der Waals surface area contributed by atoms with Crippen molar-refractivity contribution in [1.82, 2.24) is 26.6 Å². The van der Waals surface area contributed by atoms with Gasteiger partial charge >= 0.3 is 35.8 Å². The largest absolute Gasteiger partial charge is 0.481 e. The minimum absolute atomic E-state index is 0.0427. The van der Waals surface area contributed by atoms with Crippen LogP contribution in [0.1, 0.15) is 264 Å². The number of rotatable bonds is 59. The number of methoxy groups -OCH3 is 2.